The molecule has 0 N–H and O–H groups in total. The van der Waals surface area contributed by atoms with Crippen LogP contribution >= 0.6 is 0 Å². The Labute approximate surface area is 104 Å². The molecule has 1 saturated carbocycles. The van der Waals surface area contributed by atoms with Crippen molar-refractivity contribution in [3.63, 3.8) is 0 Å². The molecule has 90 valence electrons. The van der Waals surface area contributed by atoms with Gasteiger partial charge in [0.15, 0.2) is 0 Å². The molecule has 0 bridgehead atoms. The Morgan fingerprint density at radius 3 is 3.00 bits per heavy atom. The van der Waals surface area contributed by atoms with E-state index < -0.39 is 0 Å². The van der Waals surface area contributed by atoms with Gasteiger partial charge in [-0.05, 0) is 18.9 Å². The number of carbonyl (C=O) groups excluding carboxylic acids is 1. The zero-order valence-corrected chi connectivity index (χ0v) is 9.83. The average Bonchev–Trinajstić information content (AvgIpc) is 2.62. The maximum absolute atomic E-state index is 12.1. The van der Waals surface area contributed by atoms with Gasteiger partial charge in [0.05, 0.1) is 17.4 Å². The number of amides is 1. The summed E-state index contributed by atoms with van der Waals surface area (Å²) >= 11 is 0. The van der Waals surface area contributed by atoms with E-state index in [-0.39, 0.29) is 11.3 Å². The van der Waals surface area contributed by atoms with Gasteiger partial charge in [-0.15, -0.1) is 0 Å². The van der Waals surface area contributed by atoms with Crippen LogP contribution in [0.4, 0.5) is 0 Å². The molecule has 0 radical (unpaired) electrons. The van der Waals surface area contributed by atoms with Crippen LogP contribution in [0.15, 0.2) is 23.5 Å². The van der Waals surface area contributed by atoms with Gasteiger partial charge in [-0.3, -0.25) is 14.5 Å². The first-order valence-corrected chi connectivity index (χ1v) is 6.18. The minimum Gasteiger partial charge on any atom is -0.265 e. The number of fused-ring (bicyclic) bond motifs is 3. The summed E-state index contributed by atoms with van der Waals surface area (Å²) in [5.41, 5.74) is 1.45. The highest BCUT2D eigenvalue weighted by atomic mass is 16.1. The topological polar surface area (TPSA) is 60.1 Å². The third-order valence-electron chi connectivity index (χ3n) is 4.01. The third kappa shape index (κ3) is 1.21. The fraction of sp³-hybridized carbons (Fsp3) is 0.385. The molecule has 18 heavy (non-hydrogen) atoms. The highest BCUT2D eigenvalue weighted by Gasteiger charge is 2.39. The second-order valence-electron chi connectivity index (χ2n) is 5.18. The van der Waals surface area contributed by atoms with E-state index in [1.807, 2.05) is 17.0 Å². The van der Waals surface area contributed by atoms with E-state index in [0.29, 0.717) is 5.69 Å². The van der Waals surface area contributed by atoms with E-state index in [9.17, 15) is 4.79 Å². The van der Waals surface area contributed by atoms with Gasteiger partial charge in [-0.2, -0.15) is 5.10 Å². The second-order valence-corrected chi connectivity index (χ2v) is 5.18. The number of aliphatic imine (C=N–C) groups is 1. The first-order valence-electron chi connectivity index (χ1n) is 6.18. The van der Waals surface area contributed by atoms with E-state index >= 15 is 0 Å². The van der Waals surface area contributed by atoms with Gasteiger partial charge >= 0.3 is 0 Å². The number of carbonyl (C=O) groups is 1. The van der Waals surface area contributed by atoms with Crippen LogP contribution in [-0.2, 0) is 6.54 Å². The second kappa shape index (κ2) is 3.25. The quantitative estimate of drug-likeness (QED) is 0.705. The Bertz CT molecular complexity index is 681. The molecule has 1 aliphatic heterocycles. The van der Waals surface area contributed by atoms with Crippen LogP contribution in [0.3, 0.4) is 0 Å². The summed E-state index contributed by atoms with van der Waals surface area (Å²) in [6, 6.07) is 1.83. The molecule has 1 fully saturated rings. The SMILES string of the molecule is O=C1N=CC2(CCC2)Cn2nc3ccncc3c21. The summed E-state index contributed by atoms with van der Waals surface area (Å²) in [7, 11) is 0. The molecule has 1 aliphatic carbocycles. The summed E-state index contributed by atoms with van der Waals surface area (Å²) in [5, 5.41) is 5.32. The Balaban J connectivity index is 1.97. The molecular weight excluding hydrogens is 228 g/mol. The third-order valence-corrected chi connectivity index (χ3v) is 4.01. The van der Waals surface area contributed by atoms with Gasteiger partial charge < -0.3 is 0 Å². The Hall–Kier alpha value is -2.04. The highest BCUT2D eigenvalue weighted by Crippen LogP contribution is 2.42. The first-order chi connectivity index (χ1) is 8.77. The monoisotopic (exact) mass is 240 g/mol. The highest BCUT2D eigenvalue weighted by molar-refractivity contribution is 6.08. The summed E-state index contributed by atoms with van der Waals surface area (Å²) in [6.07, 6.45) is 8.63. The minimum atomic E-state index is -0.200. The van der Waals surface area contributed by atoms with Crippen molar-refractivity contribution >= 4 is 23.0 Å². The van der Waals surface area contributed by atoms with Crippen molar-refractivity contribution < 1.29 is 4.79 Å². The summed E-state index contributed by atoms with van der Waals surface area (Å²) in [5.74, 6) is -0.200. The summed E-state index contributed by atoms with van der Waals surface area (Å²) in [6.45, 7) is 0.756. The van der Waals surface area contributed by atoms with Crippen molar-refractivity contribution in [2.45, 2.75) is 25.8 Å². The zero-order valence-electron chi connectivity index (χ0n) is 9.83. The number of hydrogen-bond donors (Lipinski definition) is 0. The van der Waals surface area contributed by atoms with Gasteiger partial charge in [0.2, 0.25) is 0 Å². The Morgan fingerprint density at radius 1 is 1.33 bits per heavy atom. The average molecular weight is 240 g/mol. The van der Waals surface area contributed by atoms with Gasteiger partial charge in [-0.25, -0.2) is 4.99 Å². The number of pyridine rings is 1. The van der Waals surface area contributed by atoms with Crippen molar-refractivity contribution in [2.75, 3.05) is 0 Å². The van der Waals surface area contributed by atoms with Crippen molar-refractivity contribution in [1.82, 2.24) is 14.8 Å². The smallest absolute Gasteiger partial charge is 0.265 e. The van der Waals surface area contributed by atoms with Crippen molar-refractivity contribution in [1.29, 1.82) is 0 Å². The van der Waals surface area contributed by atoms with E-state index in [1.54, 1.807) is 12.4 Å². The molecule has 5 nitrogen and oxygen atoms in total. The van der Waals surface area contributed by atoms with Crippen LogP contribution in [0, 0.1) is 5.41 Å². The predicted molar refractivity (Wildman–Crippen MR) is 66.6 cm³/mol. The molecule has 0 aromatic carbocycles. The Morgan fingerprint density at radius 2 is 2.22 bits per heavy atom. The van der Waals surface area contributed by atoms with E-state index in [0.717, 1.165) is 30.3 Å². The predicted octanol–water partition coefficient (Wildman–Crippen LogP) is 1.83. The maximum Gasteiger partial charge on any atom is 0.295 e. The number of nitrogens with zero attached hydrogens (tertiary/aromatic N) is 4. The van der Waals surface area contributed by atoms with Crippen LogP contribution < -0.4 is 0 Å². The molecule has 2 aromatic heterocycles. The molecule has 0 unspecified atom stereocenters. The van der Waals surface area contributed by atoms with E-state index in [1.165, 1.54) is 6.42 Å². The molecule has 5 heteroatoms. The van der Waals surface area contributed by atoms with Crippen LogP contribution in [0.25, 0.3) is 10.9 Å². The fourth-order valence-corrected chi connectivity index (χ4v) is 2.83. The Kier molecular flexibility index (Phi) is 1.79. The maximum atomic E-state index is 12.1. The van der Waals surface area contributed by atoms with Crippen LogP contribution in [0.2, 0.25) is 0 Å². The molecular formula is C13H12N4O. The largest absolute Gasteiger partial charge is 0.295 e. The zero-order chi connectivity index (χ0) is 12.2. The molecule has 0 saturated heterocycles. The lowest BCUT2D eigenvalue weighted by atomic mass is 9.70. The lowest BCUT2D eigenvalue weighted by molar-refractivity contribution is 0.0996. The molecule has 3 heterocycles. The van der Waals surface area contributed by atoms with Crippen molar-refractivity contribution in [3.05, 3.63) is 24.2 Å². The van der Waals surface area contributed by atoms with Crippen LogP contribution in [0.1, 0.15) is 29.8 Å². The molecule has 2 aliphatic rings. The standard InChI is InChI=1S/C13H12N4O/c18-12-11-9-6-14-5-2-10(9)16-17(11)8-13(7-15-12)3-1-4-13/h2,5-7H,1,3-4,8H2. The fourth-order valence-electron chi connectivity index (χ4n) is 2.83. The van der Waals surface area contributed by atoms with Gasteiger partial charge in [0.1, 0.15) is 5.69 Å². The lowest BCUT2D eigenvalue weighted by Gasteiger charge is -2.37. The molecule has 0 atom stereocenters. The van der Waals surface area contributed by atoms with Crippen molar-refractivity contribution in [2.24, 2.45) is 10.4 Å². The summed E-state index contributed by atoms with van der Waals surface area (Å²) < 4.78 is 1.82. The number of rotatable bonds is 0. The van der Waals surface area contributed by atoms with Crippen molar-refractivity contribution in [3.8, 4) is 0 Å². The normalized spacial score (nSPS) is 20.8. The molecule has 1 amide bonds. The van der Waals surface area contributed by atoms with E-state index in [4.69, 9.17) is 0 Å². The number of hydrogen-bond acceptors (Lipinski definition) is 3. The molecule has 4 rings (SSSR count). The lowest BCUT2D eigenvalue weighted by Crippen LogP contribution is -2.35. The molecule has 2 aromatic rings. The molecule has 1 spiro atoms. The van der Waals surface area contributed by atoms with E-state index in [2.05, 4.69) is 15.1 Å². The van der Waals surface area contributed by atoms with Gasteiger partial charge in [-0.1, -0.05) is 6.42 Å². The number of aromatic nitrogens is 3. The van der Waals surface area contributed by atoms with Crippen LogP contribution in [-0.4, -0.2) is 26.9 Å². The van der Waals surface area contributed by atoms with Gasteiger partial charge in [0.25, 0.3) is 5.91 Å². The summed E-state index contributed by atoms with van der Waals surface area (Å²) in [4.78, 5) is 20.3. The van der Waals surface area contributed by atoms with Gasteiger partial charge in [0, 0.05) is 24.0 Å². The first kappa shape index (κ1) is 9.94. The minimum absolute atomic E-state index is 0.0520. The van der Waals surface area contributed by atoms with Crippen LogP contribution in [0.5, 0.6) is 0 Å².